The fraction of sp³-hybridized carbons (Fsp3) is 0.300. The van der Waals surface area contributed by atoms with E-state index in [1.807, 2.05) is 0 Å². The number of nitrogens with two attached hydrogens (primary N) is 1. The Balaban J connectivity index is 0.00000324. The third kappa shape index (κ3) is 3.74. The number of phenolic OH excluding ortho intramolecular Hbond substituents is 1. The van der Waals surface area contributed by atoms with Gasteiger partial charge >= 0.3 is 12.1 Å². The van der Waals surface area contributed by atoms with Crippen molar-refractivity contribution in [3.8, 4) is 5.75 Å². The van der Waals surface area contributed by atoms with Crippen molar-refractivity contribution in [1.29, 1.82) is 0 Å². The van der Waals surface area contributed by atoms with Gasteiger partial charge in [-0.15, -0.1) is 12.4 Å². The highest BCUT2D eigenvalue weighted by atomic mass is 79.9. The lowest BCUT2D eigenvalue weighted by Gasteiger charge is -2.18. The van der Waals surface area contributed by atoms with Crippen LogP contribution in [-0.2, 0) is 15.7 Å². The first-order valence-corrected chi connectivity index (χ1v) is 5.41. The zero-order valence-corrected chi connectivity index (χ0v) is 11.9. The van der Waals surface area contributed by atoms with Gasteiger partial charge in [0.2, 0.25) is 0 Å². The van der Waals surface area contributed by atoms with E-state index in [-0.39, 0.29) is 16.9 Å². The second kappa shape index (κ2) is 6.44. The van der Waals surface area contributed by atoms with Gasteiger partial charge in [0.1, 0.15) is 11.8 Å². The predicted molar refractivity (Wildman–Crippen MR) is 67.0 cm³/mol. The molecule has 0 fully saturated rings. The molecule has 0 saturated heterocycles. The molecular formula is C10H10BrClF3NO3. The van der Waals surface area contributed by atoms with E-state index in [2.05, 4.69) is 20.7 Å². The van der Waals surface area contributed by atoms with Crippen molar-refractivity contribution in [2.45, 2.75) is 12.2 Å². The quantitative estimate of drug-likeness (QED) is 0.792. The van der Waals surface area contributed by atoms with Gasteiger partial charge in [-0.3, -0.25) is 4.79 Å². The third-order valence-corrected chi connectivity index (χ3v) is 2.88. The van der Waals surface area contributed by atoms with Crippen LogP contribution in [0.1, 0.15) is 17.2 Å². The zero-order chi connectivity index (χ0) is 14.1. The van der Waals surface area contributed by atoms with Crippen molar-refractivity contribution in [1.82, 2.24) is 0 Å². The number of carbonyl (C=O) groups is 1. The molecule has 0 aliphatic carbocycles. The van der Waals surface area contributed by atoms with Crippen LogP contribution in [0.15, 0.2) is 16.6 Å². The average molecular weight is 365 g/mol. The van der Waals surface area contributed by atoms with Crippen LogP contribution in [0.2, 0.25) is 0 Å². The molecule has 4 nitrogen and oxygen atoms in total. The minimum Gasteiger partial charge on any atom is -0.506 e. The number of phenols is 1. The Labute approximate surface area is 121 Å². The number of hydrogen-bond acceptors (Lipinski definition) is 4. The molecule has 0 aromatic heterocycles. The highest BCUT2D eigenvalue weighted by Crippen LogP contribution is 2.41. The van der Waals surface area contributed by atoms with Gasteiger partial charge < -0.3 is 15.6 Å². The Kier molecular flexibility index (Phi) is 6.11. The van der Waals surface area contributed by atoms with Crippen molar-refractivity contribution in [2.75, 3.05) is 7.11 Å². The summed E-state index contributed by atoms with van der Waals surface area (Å²) in [7, 11) is 0.991. The molecule has 1 rings (SSSR count). The maximum absolute atomic E-state index is 12.8. The number of carbonyl (C=O) groups excluding carboxylic acids is 1. The van der Waals surface area contributed by atoms with Crippen LogP contribution in [0.4, 0.5) is 13.2 Å². The van der Waals surface area contributed by atoms with Crippen molar-refractivity contribution in [2.24, 2.45) is 5.73 Å². The number of benzene rings is 1. The SMILES string of the molecule is COC(=O)[C@H](N)c1c(C(F)(F)F)ccc(Br)c1O.Cl. The molecule has 0 aliphatic rings. The lowest BCUT2D eigenvalue weighted by Crippen LogP contribution is -2.26. The molecule has 0 heterocycles. The first-order chi connectivity index (χ1) is 8.20. The summed E-state index contributed by atoms with van der Waals surface area (Å²) < 4.78 is 42.5. The summed E-state index contributed by atoms with van der Waals surface area (Å²) in [5, 5.41) is 9.62. The molecule has 0 bridgehead atoms. The number of methoxy groups -OCH3 is 1. The van der Waals surface area contributed by atoms with Crippen molar-refractivity contribution >= 4 is 34.3 Å². The fourth-order valence-electron chi connectivity index (χ4n) is 1.39. The Morgan fingerprint density at radius 3 is 2.42 bits per heavy atom. The van der Waals surface area contributed by atoms with Crippen LogP contribution in [0.25, 0.3) is 0 Å². The summed E-state index contributed by atoms with van der Waals surface area (Å²) in [6, 6.07) is 0.0252. The zero-order valence-electron chi connectivity index (χ0n) is 9.49. The van der Waals surface area contributed by atoms with Gasteiger partial charge in [-0.1, -0.05) is 0 Å². The second-order valence-corrected chi connectivity index (χ2v) is 4.21. The van der Waals surface area contributed by atoms with E-state index >= 15 is 0 Å². The smallest absolute Gasteiger partial charge is 0.416 e. The molecular weight excluding hydrogens is 354 g/mol. The van der Waals surface area contributed by atoms with Gasteiger partial charge in [0.05, 0.1) is 17.1 Å². The number of ether oxygens (including phenoxy) is 1. The first kappa shape index (κ1) is 18.0. The molecule has 1 aromatic carbocycles. The van der Waals surface area contributed by atoms with Crippen LogP contribution >= 0.6 is 28.3 Å². The van der Waals surface area contributed by atoms with E-state index in [1.54, 1.807) is 0 Å². The number of halogens is 5. The topological polar surface area (TPSA) is 72.5 Å². The van der Waals surface area contributed by atoms with Gasteiger partial charge in [0, 0.05) is 5.56 Å². The molecule has 0 spiro atoms. The summed E-state index contributed by atoms with van der Waals surface area (Å²) in [6.45, 7) is 0. The van der Waals surface area contributed by atoms with Crippen LogP contribution < -0.4 is 5.73 Å². The molecule has 9 heteroatoms. The minimum atomic E-state index is -4.74. The van der Waals surface area contributed by atoms with Crippen LogP contribution in [0, 0.1) is 0 Å². The van der Waals surface area contributed by atoms with E-state index in [0.29, 0.717) is 0 Å². The Morgan fingerprint density at radius 2 is 2.00 bits per heavy atom. The summed E-state index contributed by atoms with van der Waals surface area (Å²) >= 11 is 2.86. The van der Waals surface area contributed by atoms with E-state index in [0.717, 1.165) is 19.2 Å². The molecule has 0 amide bonds. The highest BCUT2D eigenvalue weighted by molar-refractivity contribution is 9.10. The monoisotopic (exact) mass is 363 g/mol. The fourth-order valence-corrected chi connectivity index (χ4v) is 1.73. The lowest BCUT2D eigenvalue weighted by atomic mass is 9.99. The standard InChI is InChI=1S/C10H9BrF3NO3.ClH/c1-18-9(17)7(15)6-4(10(12,13)14)2-3-5(11)8(6)16;/h2-3,7,16H,15H2,1H3;1H/t7-;/m1./s1. The van der Waals surface area contributed by atoms with Crippen molar-refractivity contribution < 1.29 is 27.8 Å². The summed E-state index contributed by atoms with van der Waals surface area (Å²) in [5.41, 5.74) is 3.46. The maximum atomic E-state index is 12.8. The molecule has 19 heavy (non-hydrogen) atoms. The second-order valence-electron chi connectivity index (χ2n) is 3.36. The van der Waals surface area contributed by atoms with Gasteiger partial charge in [-0.05, 0) is 28.1 Å². The molecule has 0 saturated carbocycles. The van der Waals surface area contributed by atoms with E-state index in [4.69, 9.17) is 5.73 Å². The Hall–Kier alpha value is -0.990. The molecule has 3 N–H and O–H groups in total. The number of hydrogen-bond donors (Lipinski definition) is 2. The van der Waals surface area contributed by atoms with Crippen LogP contribution in [-0.4, -0.2) is 18.2 Å². The van der Waals surface area contributed by atoms with Gasteiger partial charge in [0.25, 0.3) is 0 Å². The molecule has 0 unspecified atom stereocenters. The molecule has 0 radical (unpaired) electrons. The third-order valence-electron chi connectivity index (χ3n) is 2.24. The largest absolute Gasteiger partial charge is 0.506 e. The van der Waals surface area contributed by atoms with Gasteiger partial charge in [-0.25, -0.2) is 0 Å². The normalized spacial score (nSPS) is 12.5. The molecule has 108 valence electrons. The number of rotatable bonds is 2. The summed E-state index contributed by atoms with van der Waals surface area (Å²) in [6.07, 6.45) is -4.74. The summed E-state index contributed by atoms with van der Waals surface area (Å²) in [5.74, 6) is -1.81. The number of aromatic hydroxyl groups is 1. The highest BCUT2D eigenvalue weighted by Gasteiger charge is 2.38. The number of alkyl halides is 3. The first-order valence-electron chi connectivity index (χ1n) is 4.62. The van der Waals surface area contributed by atoms with Crippen LogP contribution in [0.3, 0.4) is 0 Å². The van der Waals surface area contributed by atoms with E-state index in [9.17, 15) is 23.1 Å². The maximum Gasteiger partial charge on any atom is 0.416 e. The predicted octanol–water partition coefficient (Wildman–Crippen LogP) is 2.77. The average Bonchev–Trinajstić information content (AvgIpc) is 2.29. The molecule has 1 atom stereocenters. The summed E-state index contributed by atoms with van der Waals surface area (Å²) in [4.78, 5) is 11.2. The van der Waals surface area contributed by atoms with Gasteiger partial charge in [0.15, 0.2) is 0 Å². The lowest BCUT2D eigenvalue weighted by molar-refractivity contribution is -0.144. The van der Waals surface area contributed by atoms with Crippen LogP contribution in [0.5, 0.6) is 5.75 Å². The van der Waals surface area contributed by atoms with E-state index < -0.39 is 35.1 Å². The Bertz CT molecular complexity index is 482. The molecule has 1 aromatic rings. The van der Waals surface area contributed by atoms with Crippen molar-refractivity contribution in [3.05, 3.63) is 27.7 Å². The van der Waals surface area contributed by atoms with Crippen molar-refractivity contribution in [3.63, 3.8) is 0 Å². The minimum absolute atomic E-state index is 0. The Morgan fingerprint density at radius 1 is 1.47 bits per heavy atom. The molecule has 0 aliphatic heterocycles. The number of esters is 1. The van der Waals surface area contributed by atoms with E-state index in [1.165, 1.54) is 0 Å². The van der Waals surface area contributed by atoms with Gasteiger partial charge in [-0.2, -0.15) is 13.2 Å².